The topological polar surface area (TPSA) is 58.6 Å². The van der Waals surface area contributed by atoms with Crippen LogP contribution >= 0.6 is 0 Å². The smallest absolute Gasteiger partial charge is 0.174 e. The van der Waals surface area contributed by atoms with Crippen molar-refractivity contribution in [1.29, 1.82) is 0 Å². The Bertz CT molecular complexity index is 410. The third-order valence-corrected chi connectivity index (χ3v) is 2.65. The minimum atomic E-state index is -1.27. The predicted octanol–water partition coefficient (Wildman–Crippen LogP) is 1.86. The summed E-state index contributed by atoms with van der Waals surface area (Å²) in [7, 11) is 0. The van der Waals surface area contributed by atoms with E-state index in [9.17, 15) is 9.90 Å². The lowest BCUT2D eigenvalue weighted by molar-refractivity contribution is -0.283. The fourth-order valence-electron chi connectivity index (χ4n) is 1.19. The van der Waals surface area contributed by atoms with E-state index in [1.807, 2.05) is 20.8 Å². The van der Waals surface area contributed by atoms with E-state index in [4.69, 9.17) is 9.78 Å². The first-order chi connectivity index (χ1) is 7.87. The molecule has 0 aromatic heterocycles. The maximum atomic E-state index is 11.0. The van der Waals surface area contributed by atoms with E-state index in [1.54, 1.807) is 25.1 Å². The number of carbonyl (C=O) groups excluding carboxylic acids is 1. The Labute approximate surface area is 101 Å². The van der Waals surface area contributed by atoms with Crippen molar-refractivity contribution in [3.05, 3.63) is 29.3 Å². The highest BCUT2D eigenvalue weighted by molar-refractivity contribution is 5.90. The minimum Gasteiger partial charge on any atom is -0.545 e. The van der Waals surface area contributed by atoms with Gasteiger partial charge in [-0.1, -0.05) is 19.1 Å². The number of carboxylic acid groups (broad SMARTS) is 1. The summed E-state index contributed by atoms with van der Waals surface area (Å²) < 4.78 is 0. The fourth-order valence-corrected chi connectivity index (χ4v) is 1.19. The lowest BCUT2D eigenvalue weighted by Gasteiger charge is -2.22. The third-order valence-electron chi connectivity index (χ3n) is 2.65. The number of hydrogen-bond acceptors (Lipinski definition) is 4. The molecule has 1 rings (SSSR count). The Morgan fingerprint density at radius 1 is 1.41 bits per heavy atom. The lowest BCUT2D eigenvalue weighted by atomic mass is 10.1. The fraction of sp³-hybridized carbons (Fsp3) is 0.462. The molecule has 4 heteroatoms. The van der Waals surface area contributed by atoms with Gasteiger partial charge in [-0.3, -0.25) is 0 Å². The lowest BCUT2D eigenvalue weighted by Crippen LogP contribution is -2.27. The van der Waals surface area contributed by atoms with E-state index >= 15 is 0 Å². The molecule has 94 valence electrons. The molecule has 17 heavy (non-hydrogen) atoms. The van der Waals surface area contributed by atoms with Crippen LogP contribution in [0.3, 0.4) is 0 Å². The zero-order chi connectivity index (χ0) is 13.1. The van der Waals surface area contributed by atoms with Gasteiger partial charge in [-0.05, 0) is 38.8 Å². The largest absolute Gasteiger partial charge is 0.545 e. The van der Waals surface area contributed by atoms with Gasteiger partial charge in [0.15, 0.2) is 5.75 Å². The Morgan fingerprint density at radius 3 is 2.59 bits per heavy atom. The minimum absolute atomic E-state index is 0.0272. The molecule has 1 aromatic carbocycles. The van der Waals surface area contributed by atoms with Crippen LogP contribution in [0.2, 0.25) is 0 Å². The highest BCUT2D eigenvalue weighted by atomic mass is 17.2. The average Bonchev–Trinajstić information content (AvgIpc) is 2.26. The molecule has 0 bridgehead atoms. The van der Waals surface area contributed by atoms with Crippen LogP contribution in [0.4, 0.5) is 0 Å². The van der Waals surface area contributed by atoms with E-state index in [0.29, 0.717) is 5.56 Å². The Kier molecular flexibility index (Phi) is 4.12. The zero-order valence-electron chi connectivity index (χ0n) is 10.6. The summed E-state index contributed by atoms with van der Waals surface area (Å²) in [5, 5.41) is 11.0. The monoisotopic (exact) mass is 237 g/mol. The van der Waals surface area contributed by atoms with E-state index < -0.39 is 11.6 Å². The van der Waals surface area contributed by atoms with Crippen LogP contribution in [0.15, 0.2) is 18.2 Å². The number of aryl methyl sites for hydroxylation is 1. The van der Waals surface area contributed by atoms with Crippen LogP contribution in [-0.2, 0) is 4.89 Å². The van der Waals surface area contributed by atoms with Crippen LogP contribution in [0.1, 0.15) is 43.1 Å². The summed E-state index contributed by atoms with van der Waals surface area (Å²) in [4.78, 5) is 21.3. The third kappa shape index (κ3) is 3.46. The van der Waals surface area contributed by atoms with Gasteiger partial charge >= 0.3 is 0 Å². The SMILES string of the molecule is CCC(C)(C)OOc1cccc(C)c1C(=O)[O-]. The predicted molar refractivity (Wildman–Crippen MR) is 61.6 cm³/mol. The Morgan fingerprint density at radius 2 is 2.06 bits per heavy atom. The first-order valence-electron chi connectivity index (χ1n) is 5.54. The van der Waals surface area contributed by atoms with Gasteiger partial charge in [-0.25, -0.2) is 0 Å². The van der Waals surface area contributed by atoms with Crippen LogP contribution in [0, 0.1) is 6.92 Å². The standard InChI is InChI=1S/C13H18O4/c1-5-13(3,4)17-16-10-8-6-7-9(2)11(10)12(14)15/h6-8H,5H2,1-4H3,(H,14,15)/p-1. The molecule has 0 aliphatic carbocycles. The summed E-state index contributed by atoms with van der Waals surface area (Å²) in [6, 6.07) is 4.94. The molecule has 1 aromatic rings. The molecule has 0 heterocycles. The van der Waals surface area contributed by atoms with Gasteiger partial charge in [0.2, 0.25) is 0 Å². The van der Waals surface area contributed by atoms with Gasteiger partial charge in [0.1, 0.15) is 5.60 Å². The average molecular weight is 237 g/mol. The zero-order valence-corrected chi connectivity index (χ0v) is 10.6. The molecule has 0 N–H and O–H groups in total. The van der Waals surface area contributed by atoms with E-state index in [0.717, 1.165) is 6.42 Å². The second kappa shape index (κ2) is 5.19. The number of carboxylic acids is 1. The Balaban J connectivity index is 2.92. The van der Waals surface area contributed by atoms with Gasteiger partial charge in [0.05, 0.1) is 5.97 Å². The molecule has 0 saturated carbocycles. The first kappa shape index (κ1) is 13.5. The normalized spacial score (nSPS) is 11.3. The van der Waals surface area contributed by atoms with E-state index in [1.165, 1.54) is 0 Å². The summed E-state index contributed by atoms with van der Waals surface area (Å²) in [5.74, 6) is -1.09. The summed E-state index contributed by atoms with van der Waals surface area (Å²) in [6.07, 6.45) is 0.749. The van der Waals surface area contributed by atoms with Gasteiger partial charge < -0.3 is 14.8 Å². The van der Waals surface area contributed by atoms with Crippen LogP contribution in [-0.4, -0.2) is 11.6 Å². The van der Waals surface area contributed by atoms with Gasteiger partial charge in [0, 0.05) is 5.56 Å². The molecule has 0 aliphatic heterocycles. The quantitative estimate of drug-likeness (QED) is 0.579. The van der Waals surface area contributed by atoms with Crippen molar-refractivity contribution in [3.63, 3.8) is 0 Å². The molecular weight excluding hydrogens is 220 g/mol. The van der Waals surface area contributed by atoms with Crippen LogP contribution in [0.5, 0.6) is 5.75 Å². The molecule has 0 fully saturated rings. The van der Waals surface area contributed by atoms with Crippen molar-refractivity contribution in [2.45, 2.75) is 39.7 Å². The van der Waals surface area contributed by atoms with Crippen LogP contribution in [0.25, 0.3) is 0 Å². The van der Waals surface area contributed by atoms with Crippen molar-refractivity contribution < 1.29 is 19.7 Å². The second-order valence-electron chi connectivity index (χ2n) is 4.52. The molecule has 4 nitrogen and oxygen atoms in total. The van der Waals surface area contributed by atoms with Gasteiger partial charge in [-0.15, -0.1) is 0 Å². The molecule has 0 atom stereocenters. The number of hydrogen-bond donors (Lipinski definition) is 0. The first-order valence-corrected chi connectivity index (χ1v) is 5.54. The molecule has 0 unspecified atom stereocenters. The van der Waals surface area contributed by atoms with Crippen molar-refractivity contribution >= 4 is 5.97 Å². The van der Waals surface area contributed by atoms with Crippen LogP contribution < -0.4 is 9.99 Å². The number of rotatable bonds is 5. The van der Waals surface area contributed by atoms with Crippen molar-refractivity contribution in [1.82, 2.24) is 0 Å². The van der Waals surface area contributed by atoms with E-state index in [-0.39, 0.29) is 11.3 Å². The van der Waals surface area contributed by atoms with Gasteiger partial charge in [-0.2, -0.15) is 4.89 Å². The summed E-state index contributed by atoms with van der Waals surface area (Å²) >= 11 is 0. The molecule has 0 aliphatic rings. The number of carbonyl (C=O) groups is 1. The molecule has 0 spiro atoms. The van der Waals surface area contributed by atoms with Crippen molar-refractivity contribution in [3.8, 4) is 5.75 Å². The molecule has 0 radical (unpaired) electrons. The summed E-state index contributed by atoms with van der Waals surface area (Å²) in [5.41, 5.74) is 0.146. The molecule has 0 amide bonds. The Hall–Kier alpha value is -1.55. The maximum absolute atomic E-state index is 11.0. The van der Waals surface area contributed by atoms with Crippen molar-refractivity contribution in [2.75, 3.05) is 0 Å². The van der Waals surface area contributed by atoms with Crippen molar-refractivity contribution in [2.24, 2.45) is 0 Å². The van der Waals surface area contributed by atoms with Gasteiger partial charge in [0.25, 0.3) is 0 Å². The molecular formula is C13H17O4-. The number of aromatic carboxylic acids is 1. The second-order valence-corrected chi connectivity index (χ2v) is 4.52. The maximum Gasteiger partial charge on any atom is 0.174 e. The number of benzene rings is 1. The summed E-state index contributed by atoms with van der Waals surface area (Å²) in [6.45, 7) is 7.37. The highest BCUT2D eigenvalue weighted by Crippen LogP contribution is 2.24. The molecule has 0 saturated heterocycles. The highest BCUT2D eigenvalue weighted by Gasteiger charge is 2.19. The van der Waals surface area contributed by atoms with E-state index in [2.05, 4.69) is 0 Å².